The molecule has 0 saturated carbocycles. The Balaban J connectivity index is 1.48. The number of rotatable bonds is 9. The molecule has 1 aliphatic rings. The van der Waals surface area contributed by atoms with E-state index in [1.165, 1.54) is 13.5 Å². The average molecular weight is 501 g/mol. The van der Waals surface area contributed by atoms with E-state index in [2.05, 4.69) is 5.32 Å². The lowest BCUT2D eigenvalue weighted by Crippen LogP contribution is -2.38. The summed E-state index contributed by atoms with van der Waals surface area (Å²) >= 11 is 0. The van der Waals surface area contributed by atoms with Crippen LogP contribution in [0.5, 0.6) is 17.2 Å². The molecule has 1 aliphatic heterocycles. The highest BCUT2D eigenvalue weighted by Gasteiger charge is 2.19. The number of nitrogens with one attached hydrogen (secondary N) is 1. The minimum absolute atomic E-state index is 0.0250. The Labute approximate surface area is 217 Å². The van der Waals surface area contributed by atoms with Crippen molar-refractivity contribution in [1.29, 1.82) is 0 Å². The van der Waals surface area contributed by atoms with Crippen LogP contribution in [-0.4, -0.2) is 50.6 Å². The lowest BCUT2D eigenvalue weighted by Gasteiger charge is -2.26. The number of anilines is 1. The zero-order valence-electron chi connectivity index (χ0n) is 21.2. The van der Waals surface area contributed by atoms with Crippen molar-refractivity contribution in [2.45, 2.75) is 19.3 Å². The SMILES string of the molecule is COc1cc(/C=C/c2ccc(OCC(=O)N3CCCCC3)cc2)c(C(=O)Nc2ccccc2)c(OC)c1. The van der Waals surface area contributed by atoms with E-state index in [1.807, 2.05) is 71.6 Å². The van der Waals surface area contributed by atoms with Crippen molar-refractivity contribution in [2.24, 2.45) is 0 Å². The summed E-state index contributed by atoms with van der Waals surface area (Å²) in [4.78, 5) is 27.4. The predicted molar refractivity (Wildman–Crippen MR) is 145 cm³/mol. The third-order valence-corrected chi connectivity index (χ3v) is 6.23. The van der Waals surface area contributed by atoms with E-state index in [9.17, 15) is 9.59 Å². The van der Waals surface area contributed by atoms with Crippen LogP contribution in [-0.2, 0) is 4.79 Å². The number of likely N-dealkylation sites (tertiary alicyclic amines) is 1. The molecule has 0 spiro atoms. The molecule has 1 heterocycles. The van der Waals surface area contributed by atoms with Crippen LogP contribution in [0.25, 0.3) is 12.2 Å². The maximum atomic E-state index is 13.2. The summed E-state index contributed by atoms with van der Waals surface area (Å²) in [6.45, 7) is 1.66. The third kappa shape index (κ3) is 6.91. The van der Waals surface area contributed by atoms with Gasteiger partial charge in [-0.1, -0.05) is 42.5 Å². The van der Waals surface area contributed by atoms with Crippen LogP contribution in [0, 0.1) is 0 Å². The van der Waals surface area contributed by atoms with Gasteiger partial charge in [-0.2, -0.15) is 0 Å². The fourth-order valence-electron chi connectivity index (χ4n) is 4.22. The molecule has 7 nitrogen and oxygen atoms in total. The van der Waals surface area contributed by atoms with Crippen LogP contribution in [0.2, 0.25) is 0 Å². The van der Waals surface area contributed by atoms with Crippen molar-refractivity contribution < 1.29 is 23.8 Å². The second kappa shape index (κ2) is 12.6. The Morgan fingerprint density at radius 3 is 2.27 bits per heavy atom. The molecule has 2 amide bonds. The Bertz CT molecular complexity index is 1230. The first kappa shape index (κ1) is 25.8. The maximum Gasteiger partial charge on any atom is 0.260 e. The number of benzene rings is 3. The summed E-state index contributed by atoms with van der Waals surface area (Å²) in [7, 11) is 3.09. The number of ether oxygens (including phenoxy) is 3. The molecule has 3 aromatic rings. The van der Waals surface area contributed by atoms with Gasteiger partial charge in [-0.3, -0.25) is 9.59 Å². The molecular formula is C30H32N2O5. The highest BCUT2D eigenvalue weighted by molar-refractivity contribution is 6.09. The highest BCUT2D eigenvalue weighted by Crippen LogP contribution is 2.31. The number of hydrogen-bond donors (Lipinski definition) is 1. The van der Waals surface area contributed by atoms with Crippen LogP contribution in [0.15, 0.2) is 66.7 Å². The molecule has 0 unspecified atom stereocenters. The fourth-order valence-corrected chi connectivity index (χ4v) is 4.22. The number of carbonyl (C=O) groups is 2. The van der Waals surface area contributed by atoms with Gasteiger partial charge in [-0.15, -0.1) is 0 Å². The van der Waals surface area contributed by atoms with E-state index < -0.39 is 0 Å². The molecule has 1 fully saturated rings. The van der Waals surface area contributed by atoms with E-state index in [0.29, 0.717) is 34.1 Å². The Morgan fingerprint density at radius 1 is 0.865 bits per heavy atom. The minimum Gasteiger partial charge on any atom is -0.497 e. The normalized spacial score (nSPS) is 13.3. The largest absolute Gasteiger partial charge is 0.497 e. The number of nitrogens with zero attached hydrogens (tertiary/aromatic N) is 1. The maximum absolute atomic E-state index is 13.2. The number of para-hydroxylation sites is 1. The van der Waals surface area contributed by atoms with Crippen molar-refractivity contribution in [3.05, 3.63) is 83.4 Å². The standard InChI is InChI=1S/C30H32N2O5/c1-35-26-19-23(29(27(20-26)36-2)30(34)31-24-9-5-3-6-10-24)14-11-22-12-15-25(16-13-22)37-21-28(33)32-17-7-4-8-18-32/h3,5-6,9-16,19-20H,4,7-8,17-18,21H2,1-2H3,(H,31,34)/b14-11+. The predicted octanol–water partition coefficient (Wildman–Crippen LogP) is 5.52. The summed E-state index contributed by atoms with van der Waals surface area (Å²) in [5.74, 6) is 1.36. The molecule has 0 radical (unpaired) electrons. The van der Waals surface area contributed by atoms with Gasteiger partial charge in [0.05, 0.1) is 19.8 Å². The fraction of sp³-hybridized carbons (Fsp3) is 0.267. The molecule has 0 atom stereocenters. The zero-order chi connectivity index (χ0) is 26.0. The van der Waals surface area contributed by atoms with Gasteiger partial charge >= 0.3 is 0 Å². The van der Waals surface area contributed by atoms with Gasteiger partial charge in [0.25, 0.3) is 11.8 Å². The quantitative estimate of drug-likeness (QED) is 0.392. The molecular weight excluding hydrogens is 468 g/mol. The van der Waals surface area contributed by atoms with Gasteiger partial charge < -0.3 is 24.4 Å². The average Bonchev–Trinajstić information content (AvgIpc) is 2.95. The van der Waals surface area contributed by atoms with Gasteiger partial charge in [-0.25, -0.2) is 0 Å². The molecule has 37 heavy (non-hydrogen) atoms. The lowest BCUT2D eigenvalue weighted by molar-refractivity contribution is -0.134. The lowest BCUT2D eigenvalue weighted by atomic mass is 10.0. The van der Waals surface area contributed by atoms with Crippen LogP contribution in [0.3, 0.4) is 0 Å². The topological polar surface area (TPSA) is 77.1 Å². The number of carbonyl (C=O) groups excluding carboxylic acids is 2. The molecule has 0 aromatic heterocycles. The molecule has 4 rings (SSSR count). The Hall–Kier alpha value is -4.26. The van der Waals surface area contributed by atoms with Gasteiger partial charge in [-0.05, 0) is 60.7 Å². The number of piperidine rings is 1. The van der Waals surface area contributed by atoms with E-state index in [4.69, 9.17) is 14.2 Å². The molecule has 0 bridgehead atoms. The first-order valence-corrected chi connectivity index (χ1v) is 12.4. The Morgan fingerprint density at radius 2 is 1.59 bits per heavy atom. The van der Waals surface area contributed by atoms with Crippen LogP contribution in [0.1, 0.15) is 40.7 Å². The van der Waals surface area contributed by atoms with Crippen molar-refractivity contribution in [3.63, 3.8) is 0 Å². The van der Waals surface area contributed by atoms with Gasteiger partial charge in [0.1, 0.15) is 17.2 Å². The van der Waals surface area contributed by atoms with E-state index in [0.717, 1.165) is 31.5 Å². The van der Waals surface area contributed by atoms with Crippen molar-refractivity contribution in [1.82, 2.24) is 4.90 Å². The molecule has 1 N–H and O–H groups in total. The second-order valence-electron chi connectivity index (χ2n) is 8.75. The summed E-state index contributed by atoms with van der Waals surface area (Å²) in [6.07, 6.45) is 7.04. The smallest absolute Gasteiger partial charge is 0.260 e. The van der Waals surface area contributed by atoms with E-state index in [-0.39, 0.29) is 18.4 Å². The first-order chi connectivity index (χ1) is 18.1. The highest BCUT2D eigenvalue weighted by atomic mass is 16.5. The van der Waals surface area contributed by atoms with E-state index in [1.54, 1.807) is 19.2 Å². The van der Waals surface area contributed by atoms with Crippen molar-refractivity contribution in [2.75, 3.05) is 39.2 Å². The van der Waals surface area contributed by atoms with Gasteiger partial charge in [0, 0.05) is 24.8 Å². The molecule has 192 valence electrons. The molecule has 0 aliphatic carbocycles. The van der Waals surface area contributed by atoms with Crippen LogP contribution in [0.4, 0.5) is 5.69 Å². The van der Waals surface area contributed by atoms with Crippen LogP contribution >= 0.6 is 0 Å². The summed E-state index contributed by atoms with van der Waals surface area (Å²) < 4.78 is 16.6. The number of methoxy groups -OCH3 is 2. The summed E-state index contributed by atoms with van der Waals surface area (Å²) in [5, 5.41) is 2.92. The van der Waals surface area contributed by atoms with Gasteiger partial charge in [0.2, 0.25) is 0 Å². The summed E-state index contributed by atoms with van der Waals surface area (Å²) in [6, 6.07) is 20.2. The van der Waals surface area contributed by atoms with Crippen molar-refractivity contribution in [3.8, 4) is 17.2 Å². The number of amides is 2. The molecule has 3 aromatic carbocycles. The molecule has 7 heteroatoms. The van der Waals surface area contributed by atoms with Crippen molar-refractivity contribution >= 4 is 29.7 Å². The zero-order valence-corrected chi connectivity index (χ0v) is 21.2. The third-order valence-electron chi connectivity index (χ3n) is 6.23. The van der Waals surface area contributed by atoms with E-state index >= 15 is 0 Å². The first-order valence-electron chi connectivity index (χ1n) is 12.4. The van der Waals surface area contributed by atoms with Gasteiger partial charge in [0.15, 0.2) is 6.61 Å². The summed E-state index contributed by atoms with van der Waals surface area (Å²) in [5.41, 5.74) is 2.65. The monoisotopic (exact) mass is 500 g/mol. The molecule has 1 saturated heterocycles. The van der Waals surface area contributed by atoms with Crippen LogP contribution < -0.4 is 19.5 Å². The number of hydrogen-bond acceptors (Lipinski definition) is 5. The Kier molecular flexibility index (Phi) is 8.81. The minimum atomic E-state index is -0.285. The second-order valence-corrected chi connectivity index (χ2v) is 8.75.